The fourth-order valence-electron chi connectivity index (χ4n) is 3.65. The first kappa shape index (κ1) is 19.9. The number of nitrogens with zero attached hydrogens (tertiary/aromatic N) is 2. The second-order valence-corrected chi connectivity index (χ2v) is 7.35. The maximum Gasteiger partial charge on any atom is 0.258 e. The van der Waals surface area contributed by atoms with E-state index in [9.17, 15) is 14.7 Å². The molecular weight excluding hydrogens is 384 g/mol. The quantitative estimate of drug-likeness (QED) is 0.408. The molecule has 2 aromatic carbocycles. The van der Waals surface area contributed by atoms with Gasteiger partial charge in [0.05, 0.1) is 17.7 Å². The molecule has 156 valence electrons. The standard InChI is InChI=1S/C22H24N4O4/c1-2-19(27)21-16-9-17(20(28)10-18(16)24-25-21)22(29)26-11-13-4-5-15(8-14(13)12-26)30-7-3-6-23/h4-5,8-10,28H,2-3,6-7,11-12,23H2,1H3,(H,24,25). The van der Waals surface area contributed by atoms with Crippen molar-refractivity contribution in [3.8, 4) is 11.5 Å². The van der Waals surface area contributed by atoms with Crippen LogP contribution in [0.25, 0.3) is 10.9 Å². The lowest BCUT2D eigenvalue weighted by Crippen LogP contribution is -2.25. The minimum Gasteiger partial charge on any atom is -0.507 e. The minimum absolute atomic E-state index is 0.124. The van der Waals surface area contributed by atoms with Crippen LogP contribution in [0.2, 0.25) is 0 Å². The van der Waals surface area contributed by atoms with E-state index in [4.69, 9.17) is 10.5 Å². The summed E-state index contributed by atoms with van der Waals surface area (Å²) >= 11 is 0. The summed E-state index contributed by atoms with van der Waals surface area (Å²) in [5.74, 6) is 0.184. The van der Waals surface area contributed by atoms with Gasteiger partial charge in [-0.25, -0.2) is 0 Å². The lowest BCUT2D eigenvalue weighted by Gasteiger charge is -2.16. The van der Waals surface area contributed by atoms with Crippen LogP contribution in [0.1, 0.15) is 51.7 Å². The number of phenols is 1. The number of benzene rings is 2. The number of phenolic OH excluding ortho intramolecular Hbond substituents is 1. The molecule has 30 heavy (non-hydrogen) atoms. The third kappa shape index (κ3) is 3.61. The number of nitrogens with one attached hydrogen (secondary N) is 1. The Kier molecular flexibility index (Phi) is 5.41. The van der Waals surface area contributed by atoms with E-state index >= 15 is 0 Å². The predicted octanol–water partition coefficient (Wildman–Crippen LogP) is 2.74. The van der Waals surface area contributed by atoms with Crippen molar-refractivity contribution in [3.05, 3.63) is 52.7 Å². The van der Waals surface area contributed by atoms with E-state index in [1.54, 1.807) is 17.9 Å². The molecule has 0 radical (unpaired) electrons. The Hall–Kier alpha value is -3.39. The molecule has 0 saturated heterocycles. The summed E-state index contributed by atoms with van der Waals surface area (Å²) in [6, 6.07) is 8.77. The van der Waals surface area contributed by atoms with Crippen molar-refractivity contribution < 1.29 is 19.4 Å². The highest BCUT2D eigenvalue weighted by Gasteiger charge is 2.27. The number of fused-ring (bicyclic) bond motifs is 2. The van der Waals surface area contributed by atoms with Crippen LogP contribution in [0.4, 0.5) is 0 Å². The van der Waals surface area contributed by atoms with Gasteiger partial charge in [0.25, 0.3) is 5.91 Å². The SMILES string of the molecule is CCC(=O)c1n[nH]c2cc(O)c(C(=O)N3Cc4ccc(OCCCN)cc4C3)cc12. The second kappa shape index (κ2) is 8.16. The van der Waals surface area contributed by atoms with Gasteiger partial charge in [-0.3, -0.25) is 14.7 Å². The largest absolute Gasteiger partial charge is 0.507 e. The number of aromatic amines is 1. The van der Waals surface area contributed by atoms with E-state index in [0.29, 0.717) is 43.6 Å². The number of aromatic nitrogens is 2. The van der Waals surface area contributed by atoms with Crippen molar-refractivity contribution in [1.29, 1.82) is 0 Å². The summed E-state index contributed by atoms with van der Waals surface area (Å²) in [7, 11) is 0. The van der Waals surface area contributed by atoms with E-state index in [1.165, 1.54) is 6.07 Å². The average molecular weight is 408 g/mol. The number of Topliss-reactive ketones (excluding diaryl/α,β-unsaturated/α-hetero) is 1. The van der Waals surface area contributed by atoms with Crippen LogP contribution in [0.3, 0.4) is 0 Å². The average Bonchev–Trinajstić information content (AvgIpc) is 3.35. The number of H-pyrrole nitrogens is 1. The fourth-order valence-corrected chi connectivity index (χ4v) is 3.65. The molecule has 2 heterocycles. The Morgan fingerprint density at radius 3 is 2.80 bits per heavy atom. The van der Waals surface area contributed by atoms with Gasteiger partial charge in [-0.05, 0) is 42.3 Å². The number of ketones is 1. The highest BCUT2D eigenvalue weighted by atomic mass is 16.5. The summed E-state index contributed by atoms with van der Waals surface area (Å²) in [6.45, 7) is 3.75. The Morgan fingerprint density at radius 2 is 2.03 bits per heavy atom. The van der Waals surface area contributed by atoms with Crippen LogP contribution in [0.5, 0.6) is 11.5 Å². The molecule has 0 saturated carbocycles. The summed E-state index contributed by atoms with van der Waals surface area (Å²) in [4.78, 5) is 26.9. The van der Waals surface area contributed by atoms with Crippen molar-refractivity contribution in [1.82, 2.24) is 15.1 Å². The Morgan fingerprint density at radius 1 is 1.23 bits per heavy atom. The number of ether oxygens (including phenoxy) is 1. The molecule has 1 aliphatic heterocycles. The lowest BCUT2D eigenvalue weighted by molar-refractivity contribution is 0.0748. The molecule has 8 heteroatoms. The normalized spacial score (nSPS) is 12.9. The molecular formula is C22H24N4O4. The first-order valence-corrected chi connectivity index (χ1v) is 10.00. The van der Waals surface area contributed by atoms with Crippen LogP contribution in [-0.2, 0) is 13.1 Å². The first-order valence-electron chi connectivity index (χ1n) is 10.00. The van der Waals surface area contributed by atoms with Crippen LogP contribution in [-0.4, -0.2) is 45.0 Å². The number of aromatic hydroxyl groups is 1. The molecule has 1 amide bonds. The zero-order valence-corrected chi connectivity index (χ0v) is 16.8. The number of amides is 1. The topological polar surface area (TPSA) is 122 Å². The van der Waals surface area contributed by atoms with Crippen LogP contribution in [0, 0.1) is 0 Å². The van der Waals surface area contributed by atoms with Crippen molar-refractivity contribution in [2.75, 3.05) is 13.2 Å². The Balaban J connectivity index is 1.58. The molecule has 0 spiro atoms. The molecule has 0 bridgehead atoms. The molecule has 3 aromatic rings. The summed E-state index contributed by atoms with van der Waals surface area (Å²) in [5, 5.41) is 17.7. The van der Waals surface area contributed by atoms with Crippen molar-refractivity contribution in [2.24, 2.45) is 5.73 Å². The summed E-state index contributed by atoms with van der Waals surface area (Å²) in [6.07, 6.45) is 1.08. The molecule has 8 nitrogen and oxygen atoms in total. The molecule has 1 aromatic heterocycles. The van der Waals surface area contributed by atoms with Crippen molar-refractivity contribution >= 4 is 22.6 Å². The zero-order chi connectivity index (χ0) is 21.3. The Bertz CT molecular complexity index is 1120. The van der Waals surface area contributed by atoms with E-state index in [1.807, 2.05) is 18.2 Å². The van der Waals surface area contributed by atoms with Gasteiger partial charge in [-0.1, -0.05) is 13.0 Å². The zero-order valence-electron chi connectivity index (χ0n) is 16.8. The second-order valence-electron chi connectivity index (χ2n) is 7.35. The van der Waals surface area contributed by atoms with E-state index in [-0.39, 0.29) is 28.7 Å². The molecule has 0 atom stereocenters. The van der Waals surface area contributed by atoms with Gasteiger partial charge < -0.3 is 20.5 Å². The number of hydrogen-bond donors (Lipinski definition) is 3. The van der Waals surface area contributed by atoms with E-state index < -0.39 is 0 Å². The van der Waals surface area contributed by atoms with Gasteiger partial charge in [0.1, 0.15) is 17.2 Å². The lowest BCUT2D eigenvalue weighted by atomic mass is 10.1. The van der Waals surface area contributed by atoms with Gasteiger partial charge >= 0.3 is 0 Å². The number of carbonyl (C=O) groups excluding carboxylic acids is 2. The van der Waals surface area contributed by atoms with E-state index in [0.717, 1.165) is 23.3 Å². The van der Waals surface area contributed by atoms with Gasteiger partial charge in [0, 0.05) is 31.0 Å². The summed E-state index contributed by atoms with van der Waals surface area (Å²) < 4.78 is 5.69. The van der Waals surface area contributed by atoms with Crippen LogP contribution < -0.4 is 10.5 Å². The maximum absolute atomic E-state index is 13.2. The summed E-state index contributed by atoms with van der Waals surface area (Å²) in [5.41, 5.74) is 8.50. The van der Waals surface area contributed by atoms with Crippen molar-refractivity contribution in [2.45, 2.75) is 32.9 Å². The molecule has 0 aliphatic carbocycles. The number of nitrogens with two attached hydrogens (primary N) is 1. The third-order valence-corrected chi connectivity index (χ3v) is 5.30. The molecule has 1 aliphatic rings. The first-order chi connectivity index (χ1) is 14.5. The molecule has 4 rings (SSSR count). The smallest absolute Gasteiger partial charge is 0.258 e. The number of carbonyl (C=O) groups is 2. The van der Waals surface area contributed by atoms with Gasteiger partial charge in [0.2, 0.25) is 0 Å². The predicted molar refractivity (Wildman–Crippen MR) is 112 cm³/mol. The third-order valence-electron chi connectivity index (χ3n) is 5.30. The Labute approximate surface area is 173 Å². The number of rotatable bonds is 7. The highest BCUT2D eigenvalue weighted by molar-refractivity contribution is 6.09. The van der Waals surface area contributed by atoms with Crippen LogP contribution >= 0.6 is 0 Å². The van der Waals surface area contributed by atoms with E-state index in [2.05, 4.69) is 10.2 Å². The molecule has 4 N–H and O–H groups in total. The highest BCUT2D eigenvalue weighted by Crippen LogP contribution is 2.32. The molecule has 0 fully saturated rings. The minimum atomic E-state index is -0.299. The molecule has 0 unspecified atom stereocenters. The van der Waals surface area contributed by atoms with Crippen LogP contribution in [0.15, 0.2) is 30.3 Å². The van der Waals surface area contributed by atoms with Gasteiger partial charge in [-0.15, -0.1) is 0 Å². The van der Waals surface area contributed by atoms with Crippen molar-refractivity contribution in [3.63, 3.8) is 0 Å². The monoisotopic (exact) mass is 408 g/mol. The van der Waals surface area contributed by atoms with Gasteiger partial charge in [-0.2, -0.15) is 5.10 Å². The number of hydrogen-bond acceptors (Lipinski definition) is 6. The fraction of sp³-hybridized carbons (Fsp3) is 0.318. The maximum atomic E-state index is 13.2. The van der Waals surface area contributed by atoms with Gasteiger partial charge in [0.15, 0.2) is 5.78 Å².